The number of hydrogen-bond donors (Lipinski definition) is 1. The number of sulfonamides is 1. The lowest BCUT2D eigenvalue weighted by Crippen LogP contribution is -2.40. The Bertz CT molecular complexity index is 1040. The van der Waals surface area contributed by atoms with E-state index in [1.165, 1.54) is 22.5 Å². The van der Waals surface area contributed by atoms with E-state index in [9.17, 15) is 27.3 Å². The van der Waals surface area contributed by atoms with E-state index < -0.39 is 37.8 Å². The van der Waals surface area contributed by atoms with Crippen LogP contribution in [0.25, 0.3) is 0 Å². The second-order valence-corrected chi connectivity index (χ2v) is 7.90. The van der Waals surface area contributed by atoms with Crippen molar-refractivity contribution >= 4 is 27.6 Å². The van der Waals surface area contributed by atoms with Crippen molar-refractivity contribution in [3.8, 4) is 0 Å². The lowest BCUT2D eigenvalue weighted by molar-refractivity contribution is -0.384. The number of morpholine rings is 1. The fourth-order valence-corrected chi connectivity index (χ4v) is 4.08. The van der Waals surface area contributed by atoms with Gasteiger partial charge in [0.25, 0.3) is 5.69 Å². The lowest BCUT2D eigenvalue weighted by atomic mass is 10.2. The summed E-state index contributed by atoms with van der Waals surface area (Å²) in [5, 5.41) is 15.0. The molecule has 0 spiro atoms. The Labute approximate surface area is 164 Å². The number of hydrogen-bond acceptors (Lipinski definition) is 7. The number of nitrogens with zero attached hydrogens (tertiary/aromatic N) is 3. The van der Waals surface area contributed by atoms with E-state index in [1.807, 2.05) is 0 Å². The van der Waals surface area contributed by atoms with Gasteiger partial charge >= 0.3 is 0 Å². The van der Waals surface area contributed by atoms with Gasteiger partial charge in [0.1, 0.15) is 17.3 Å². The molecule has 12 heteroatoms. The maximum absolute atomic E-state index is 13.6. The Kier molecular flexibility index (Phi) is 6.15. The molecule has 1 aliphatic rings. The Morgan fingerprint density at radius 2 is 1.83 bits per heavy atom. The zero-order valence-electron chi connectivity index (χ0n) is 14.9. The Balaban J connectivity index is 1.87. The van der Waals surface area contributed by atoms with Crippen molar-refractivity contribution in [2.24, 2.45) is 5.10 Å². The standard InChI is InChI=1S/C17H16F2N4O5S/c18-14-2-1-3-15(19)13(14)11-20-21-16-5-4-12(10-17(16)23(24)25)29(26,27)22-6-8-28-9-7-22/h1-5,10-11,21H,6-9H2. The molecule has 0 atom stereocenters. The highest BCUT2D eigenvalue weighted by Gasteiger charge is 2.28. The third kappa shape index (κ3) is 4.55. The molecule has 1 N–H and O–H groups in total. The average Bonchev–Trinajstić information content (AvgIpc) is 2.70. The number of ether oxygens (including phenoxy) is 1. The molecule has 0 amide bonds. The summed E-state index contributed by atoms with van der Waals surface area (Å²) in [5.74, 6) is -1.70. The molecular formula is C17H16F2N4O5S. The molecule has 9 nitrogen and oxygen atoms in total. The Morgan fingerprint density at radius 3 is 2.45 bits per heavy atom. The van der Waals surface area contributed by atoms with Crippen molar-refractivity contribution in [1.29, 1.82) is 0 Å². The van der Waals surface area contributed by atoms with Gasteiger partial charge in [-0.05, 0) is 24.3 Å². The van der Waals surface area contributed by atoms with Crippen LogP contribution < -0.4 is 5.43 Å². The first-order valence-corrected chi connectivity index (χ1v) is 9.84. The average molecular weight is 426 g/mol. The summed E-state index contributed by atoms with van der Waals surface area (Å²) >= 11 is 0. The highest BCUT2D eigenvalue weighted by molar-refractivity contribution is 7.89. The molecular weight excluding hydrogens is 410 g/mol. The van der Waals surface area contributed by atoms with E-state index in [0.717, 1.165) is 24.4 Å². The molecule has 0 unspecified atom stereocenters. The molecule has 0 aromatic heterocycles. The minimum atomic E-state index is -3.93. The Morgan fingerprint density at radius 1 is 1.17 bits per heavy atom. The van der Waals surface area contributed by atoms with Crippen LogP contribution in [0.5, 0.6) is 0 Å². The summed E-state index contributed by atoms with van der Waals surface area (Å²) in [4.78, 5) is 10.4. The van der Waals surface area contributed by atoms with E-state index in [0.29, 0.717) is 0 Å². The van der Waals surface area contributed by atoms with Gasteiger partial charge in [0.15, 0.2) is 0 Å². The highest BCUT2D eigenvalue weighted by Crippen LogP contribution is 2.29. The van der Waals surface area contributed by atoms with Crippen LogP contribution in [0, 0.1) is 21.7 Å². The van der Waals surface area contributed by atoms with Crippen molar-refractivity contribution < 1.29 is 26.9 Å². The summed E-state index contributed by atoms with van der Waals surface area (Å²) < 4.78 is 58.8. The fraction of sp³-hybridized carbons (Fsp3) is 0.235. The molecule has 2 aromatic rings. The quantitative estimate of drug-likeness (QED) is 0.431. The third-order valence-electron chi connectivity index (χ3n) is 4.15. The van der Waals surface area contributed by atoms with E-state index in [2.05, 4.69) is 10.5 Å². The largest absolute Gasteiger partial charge is 0.379 e. The zero-order chi connectivity index (χ0) is 21.0. The number of rotatable bonds is 6. The maximum atomic E-state index is 13.6. The van der Waals surface area contributed by atoms with Crippen molar-refractivity contribution in [3.63, 3.8) is 0 Å². The monoisotopic (exact) mass is 426 g/mol. The van der Waals surface area contributed by atoms with Gasteiger partial charge in [-0.3, -0.25) is 15.5 Å². The van der Waals surface area contributed by atoms with Crippen LogP contribution in [0.15, 0.2) is 46.4 Å². The molecule has 3 rings (SSSR count). The number of hydrazone groups is 1. The number of nitro benzene ring substituents is 1. The predicted molar refractivity (Wildman–Crippen MR) is 100 cm³/mol. The zero-order valence-corrected chi connectivity index (χ0v) is 15.7. The summed E-state index contributed by atoms with van der Waals surface area (Å²) in [6.45, 7) is 0.772. The van der Waals surface area contributed by atoms with E-state index >= 15 is 0 Å². The molecule has 0 aliphatic carbocycles. The lowest BCUT2D eigenvalue weighted by Gasteiger charge is -2.26. The van der Waals surface area contributed by atoms with Gasteiger partial charge in [-0.1, -0.05) is 6.07 Å². The van der Waals surface area contributed by atoms with Gasteiger partial charge in [0, 0.05) is 19.2 Å². The number of anilines is 1. The third-order valence-corrected chi connectivity index (χ3v) is 6.05. The van der Waals surface area contributed by atoms with Crippen LogP contribution in [0.1, 0.15) is 5.56 Å². The molecule has 0 radical (unpaired) electrons. The summed E-state index contributed by atoms with van der Waals surface area (Å²) in [7, 11) is -3.93. The molecule has 154 valence electrons. The van der Waals surface area contributed by atoms with Crippen LogP contribution in [0.4, 0.5) is 20.2 Å². The van der Waals surface area contributed by atoms with Crippen LogP contribution in [0.3, 0.4) is 0 Å². The second-order valence-electron chi connectivity index (χ2n) is 5.96. The number of nitrogens with one attached hydrogen (secondary N) is 1. The minimum Gasteiger partial charge on any atom is -0.379 e. The second kappa shape index (κ2) is 8.59. The van der Waals surface area contributed by atoms with Crippen LogP contribution in [-0.4, -0.2) is 50.2 Å². The van der Waals surface area contributed by atoms with Crippen molar-refractivity contribution in [2.75, 3.05) is 31.7 Å². The van der Waals surface area contributed by atoms with Gasteiger partial charge in [-0.25, -0.2) is 17.2 Å². The predicted octanol–water partition coefficient (Wildman–Crippen LogP) is 2.34. The molecule has 0 bridgehead atoms. The molecule has 29 heavy (non-hydrogen) atoms. The van der Waals surface area contributed by atoms with Crippen LogP contribution in [0.2, 0.25) is 0 Å². The smallest absolute Gasteiger partial charge is 0.295 e. The first kappa shape index (κ1) is 20.8. The van der Waals surface area contributed by atoms with Gasteiger partial charge in [0.05, 0.1) is 34.8 Å². The first-order chi connectivity index (χ1) is 13.8. The molecule has 0 saturated carbocycles. The molecule has 2 aromatic carbocycles. The van der Waals surface area contributed by atoms with Gasteiger partial charge in [-0.2, -0.15) is 9.41 Å². The van der Waals surface area contributed by atoms with Crippen LogP contribution in [-0.2, 0) is 14.8 Å². The SMILES string of the molecule is O=[N+]([O-])c1cc(S(=O)(=O)N2CCOCC2)ccc1NN=Cc1c(F)cccc1F. The summed E-state index contributed by atoms with van der Waals surface area (Å²) in [6, 6.07) is 6.54. The van der Waals surface area contributed by atoms with E-state index in [4.69, 9.17) is 4.74 Å². The number of nitro groups is 1. The topological polar surface area (TPSA) is 114 Å². The number of halogens is 2. The highest BCUT2D eigenvalue weighted by atomic mass is 32.2. The number of benzene rings is 2. The Hall–Kier alpha value is -2.96. The van der Waals surface area contributed by atoms with Gasteiger partial charge in [-0.15, -0.1) is 0 Å². The fourth-order valence-electron chi connectivity index (χ4n) is 2.65. The van der Waals surface area contributed by atoms with Crippen molar-refractivity contribution in [1.82, 2.24) is 4.31 Å². The summed E-state index contributed by atoms with van der Waals surface area (Å²) in [5.41, 5.74) is 1.21. The van der Waals surface area contributed by atoms with Gasteiger partial charge in [0.2, 0.25) is 10.0 Å². The first-order valence-electron chi connectivity index (χ1n) is 8.40. The minimum absolute atomic E-state index is 0.135. The van der Waals surface area contributed by atoms with Crippen LogP contribution >= 0.6 is 0 Å². The molecule has 1 aliphatic heterocycles. The van der Waals surface area contributed by atoms with Crippen molar-refractivity contribution in [2.45, 2.75) is 4.90 Å². The van der Waals surface area contributed by atoms with E-state index in [1.54, 1.807) is 0 Å². The summed E-state index contributed by atoms with van der Waals surface area (Å²) in [6.07, 6.45) is 0.840. The molecule has 1 fully saturated rings. The van der Waals surface area contributed by atoms with Gasteiger partial charge < -0.3 is 4.74 Å². The molecule has 1 heterocycles. The molecule has 1 saturated heterocycles. The normalized spacial score (nSPS) is 15.5. The maximum Gasteiger partial charge on any atom is 0.295 e. The van der Waals surface area contributed by atoms with E-state index in [-0.39, 0.29) is 36.9 Å². The van der Waals surface area contributed by atoms with Crippen molar-refractivity contribution in [3.05, 3.63) is 63.7 Å².